The van der Waals surface area contributed by atoms with E-state index in [4.69, 9.17) is 4.74 Å². The summed E-state index contributed by atoms with van der Waals surface area (Å²) >= 11 is 0. The SMILES string of the molecule is CC/C=C\C/C=C\C/C=C\C/C=C\C/C=C\CCCCCC(=O)OCCCC. The lowest BCUT2D eigenvalue weighted by Crippen LogP contribution is -2.05. The van der Waals surface area contributed by atoms with Crippen LogP contribution < -0.4 is 0 Å². The molecule has 0 radical (unpaired) electrons. The number of unbranched alkanes of at least 4 members (excludes halogenated alkanes) is 4. The Balaban J connectivity index is 3.43. The van der Waals surface area contributed by atoms with Crippen LogP contribution >= 0.6 is 0 Å². The van der Waals surface area contributed by atoms with Crippen LogP contribution in [0.3, 0.4) is 0 Å². The van der Waals surface area contributed by atoms with Crippen LogP contribution in [0.2, 0.25) is 0 Å². The van der Waals surface area contributed by atoms with Gasteiger partial charge < -0.3 is 4.74 Å². The number of allylic oxidation sites excluding steroid dienone is 10. The summed E-state index contributed by atoms with van der Waals surface area (Å²) in [6.07, 6.45) is 34.3. The molecule has 158 valence electrons. The normalized spacial score (nSPS) is 12.5. The summed E-state index contributed by atoms with van der Waals surface area (Å²) in [7, 11) is 0. The molecule has 0 N–H and O–H groups in total. The molecular weight excluding hydrogens is 344 g/mol. The lowest BCUT2D eigenvalue weighted by molar-refractivity contribution is -0.143. The summed E-state index contributed by atoms with van der Waals surface area (Å²) in [5.41, 5.74) is 0. The molecule has 2 nitrogen and oxygen atoms in total. The first-order valence-corrected chi connectivity index (χ1v) is 11.2. The smallest absolute Gasteiger partial charge is 0.305 e. The predicted molar refractivity (Wildman–Crippen MR) is 123 cm³/mol. The second kappa shape index (κ2) is 23.2. The van der Waals surface area contributed by atoms with E-state index in [1.165, 1.54) is 0 Å². The Morgan fingerprint density at radius 3 is 1.71 bits per heavy atom. The van der Waals surface area contributed by atoms with Crippen molar-refractivity contribution in [3.8, 4) is 0 Å². The lowest BCUT2D eigenvalue weighted by Gasteiger charge is -2.03. The quantitative estimate of drug-likeness (QED) is 0.135. The number of hydrogen-bond acceptors (Lipinski definition) is 2. The lowest BCUT2D eigenvalue weighted by atomic mass is 10.1. The number of esters is 1. The van der Waals surface area contributed by atoms with Gasteiger partial charge in [-0.1, -0.05) is 87.4 Å². The number of ether oxygens (including phenoxy) is 1. The van der Waals surface area contributed by atoms with Crippen molar-refractivity contribution in [1.82, 2.24) is 0 Å². The zero-order chi connectivity index (χ0) is 20.5. The molecule has 0 spiro atoms. The number of hydrogen-bond donors (Lipinski definition) is 0. The highest BCUT2D eigenvalue weighted by Gasteiger charge is 2.01. The Hall–Kier alpha value is -1.83. The van der Waals surface area contributed by atoms with Crippen molar-refractivity contribution in [2.75, 3.05) is 6.61 Å². The zero-order valence-corrected chi connectivity index (χ0v) is 18.3. The van der Waals surface area contributed by atoms with E-state index in [1.54, 1.807) is 0 Å². The minimum absolute atomic E-state index is 0.0386. The fourth-order valence-corrected chi connectivity index (χ4v) is 2.48. The van der Waals surface area contributed by atoms with Crippen molar-refractivity contribution in [3.05, 3.63) is 60.8 Å². The van der Waals surface area contributed by atoms with E-state index in [0.717, 1.165) is 70.6 Å². The fourth-order valence-electron chi connectivity index (χ4n) is 2.48. The van der Waals surface area contributed by atoms with Crippen LogP contribution in [0, 0.1) is 0 Å². The van der Waals surface area contributed by atoms with Gasteiger partial charge in [0.25, 0.3) is 0 Å². The van der Waals surface area contributed by atoms with Crippen molar-refractivity contribution >= 4 is 5.97 Å². The third-order valence-electron chi connectivity index (χ3n) is 4.17. The average Bonchev–Trinajstić information content (AvgIpc) is 2.70. The molecule has 0 aliphatic heterocycles. The second-order valence-corrected chi connectivity index (χ2v) is 6.88. The Kier molecular flexibility index (Phi) is 21.7. The molecule has 2 heteroatoms. The van der Waals surface area contributed by atoms with Gasteiger partial charge in [0.2, 0.25) is 0 Å². The van der Waals surface area contributed by atoms with Gasteiger partial charge in [-0.2, -0.15) is 0 Å². The molecule has 0 aliphatic rings. The molecule has 0 aliphatic carbocycles. The minimum Gasteiger partial charge on any atom is -0.466 e. The van der Waals surface area contributed by atoms with Gasteiger partial charge in [-0.05, 0) is 57.8 Å². The maximum absolute atomic E-state index is 11.4. The van der Waals surface area contributed by atoms with Gasteiger partial charge in [0.1, 0.15) is 0 Å². The third-order valence-corrected chi connectivity index (χ3v) is 4.17. The van der Waals surface area contributed by atoms with Gasteiger partial charge in [0.05, 0.1) is 6.61 Å². The summed E-state index contributed by atoms with van der Waals surface area (Å²) in [6.45, 7) is 4.84. The van der Waals surface area contributed by atoms with Crippen molar-refractivity contribution in [2.45, 2.75) is 90.9 Å². The van der Waals surface area contributed by atoms with E-state index in [9.17, 15) is 4.79 Å². The molecule has 28 heavy (non-hydrogen) atoms. The molecule has 0 rings (SSSR count). The first-order chi connectivity index (χ1) is 13.8. The molecule has 0 saturated carbocycles. The molecule has 0 heterocycles. The summed E-state index contributed by atoms with van der Waals surface area (Å²) in [5, 5.41) is 0. The Morgan fingerprint density at radius 2 is 1.18 bits per heavy atom. The van der Waals surface area contributed by atoms with Crippen LogP contribution in [-0.2, 0) is 9.53 Å². The number of carbonyl (C=O) groups excluding carboxylic acids is 1. The Labute approximate surface area is 174 Å². The van der Waals surface area contributed by atoms with Gasteiger partial charge in [-0.25, -0.2) is 0 Å². The second-order valence-electron chi connectivity index (χ2n) is 6.88. The summed E-state index contributed by atoms with van der Waals surface area (Å²) in [6, 6.07) is 0. The van der Waals surface area contributed by atoms with E-state index in [-0.39, 0.29) is 5.97 Å². The number of carbonyl (C=O) groups is 1. The van der Waals surface area contributed by atoms with Gasteiger partial charge in [-0.3, -0.25) is 4.79 Å². The van der Waals surface area contributed by atoms with Crippen molar-refractivity contribution in [3.63, 3.8) is 0 Å². The van der Waals surface area contributed by atoms with E-state index in [0.29, 0.717) is 13.0 Å². The maximum Gasteiger partial charge on any atom is 0.305 e. The van der Waals surface area contributed by atoms with Gasteiger partial charge in [-0.15, -0.1) is 0 Å². The summed E-state index contributed by atoms with van der Waals surface area (Å²) in [5.74, 6) is -0.0386. The van der Waals surface area contributed by atoms with Crippen molar-refractivity contribution in [2.24, 2.45) is 0 Å². The maximum atomic E-state index is 11.4. The highest BCUT2D eigenvalue weighted by molar-refractivity contribution is 5.69. The summed E-state index contributed by atoms with van der Waals surface area (Å²) in [4.78, 5) is 11.4. The first kappa shape index (κ1) is 26.2. The summed E-state index contributed by atoms with van der Waals surface area (Å²) < 4.78 is 5.15. The molecule has 0 saturated heterocycles. The van der Waals surface area contributed by atoms with Crippen LogP contribution in [0.5, 0.6) is 0 Å². The highest BCUT2D eigenvalue weighted by Crippen LogP contribution is 2.06. The first-order valence-electron chi connectivity index (χ1n) is 11.2. The van der Waals surface area contributed by atoms with E-state index >= 15 is 0 Å². The van der Waals surface area contributed by atoms with E-state index < -0.39 is 0 Å². The topological polar surface area (TPSA) is 26.3 Å². The van der Waals surface area contributed by atoms with Crippen LogP contribution in [0.25, 0.3) is 0 Å². The van der Waals surface area contributed by atoms with Crippen molar-refractivity contribution in [1.29, 1.82) is 0 Å². The fraction of sp³-hybridized carbons (Fsp3) is 0.577. The molecule has 0 aromatic heterocycles. The molecule has 0 bridgehead atoms. The highest BCUT2D eigenvalue weighted by atomic mass is 16.5. The number of rotatable bonds is 18. The monoisotopic (exact) mass is 386 g/mol. The van der Waals surface area contributed by atoms with Crippen LogP contribution in [0.1, 0.15) is 90.9 Å². The van der Waals surface area contributed by atoms with E-state index in [2.05, 4.69) is 74.6 Å². The Morgan fingerprint density at radius 1 is 0.643 bits per heavy atom. The van der Waals surface area contributed by atoms with Crippen molar-refractivity contribution < 1.29 is 9.53 Å². The molecule has 0 unspecified atom stereocenters. The third kappa shape index (κ3) is 22.2. The predicted octanol–water partition coefficient (Wildman–Crippen LogP) is 8.03. The van der Waals surface area contributed by atoms with E-state index in [1.807, 2.05) is 0 Å². The zero-order valence-electron chi connectivity index (χ0n) is 18.3. The van der Waals surface area contributed by atoms with Crippen LogP contribution in [0.4, 0.5) is 0 Å². The van der Waals surface area contributed by atoms with Gasteiger partial charge >= 0.3 is 5.97 Å². The largest absolute Gasteiger partial charge is 0.466 e. The molecule has 0 aromatic carbocycles. The minimum atomic E-state index is -0.0386. The average molecular weight is 387 g/mol. The molecule has 0 atom stereocenters. The molecule has 0 amide bonds. The molecule has 0 fully saturated rings. The standard InChI is InChI=1S/C26H42O2/c1-3-5-7-8-9-10-11-12-13-14-15-16-17-18-19-20-21-22-23-24-26(27)28-25-6-4-2/h5,7,9-10,12-13,15-16,18-19H,3-4,6,8,11,14,17,20-25H2,1-2H3/b7-5-,10-9-,13-12-,16-15-,19-18-. The van der Waals surface area contributed by atoms with Crippen LogP contribution in [-0.4, -0.2) is 12.6 Å². The molecular formula is C26H42O2. The van der Waals surface area contributed by atoms with Gasteiger partial charge in [0.15, 0.2) is 0 Å². The Bertz CT molecular complexity index is 481. The molecule has 0 aromatic rings. The van der Waals surface area contributed by atoms with Crippen LogP contribution in [0.15, 0.2) is 60.8 Å². The van der Waals surface area contributed by atoms with Gasteiger partial charge in [0, 0.05) is 6.42 Å².